The van der Waals surface area contributed by atoms with Gasteiger partial charge in [-0.1, -0.05) is 41.6 Å². The highest BCUT2D eigenvalue weighted by Gasteiger charge is 2.47. The summed E-state index contributed by atoms with van der Waals surface area (Å²) in [6.45, 7) is 3.21. The average Bonchev–Trinajstić information content (AvgIpc) is 3.09. The number of nitrogen functional groups attached to an aromatic ring is 2. The lowest BCUT2D eigenvalue weighted by molar-refractivity contribution is 0.101. The zero-order valence-electron chi connectivity index (χ0n) is 18.8. The summed E-state index contributed by atoms with van der Waals surface area (Å²) in [5.74, 6) is 1.44. The summed E-state index contributed by atoms with van der Waals surface area (Å²) in [5, 5.41) is 0.940. The summed E-state index contributed by atoms with van der Waals surface area (Å²) in [6.07, 6.45) is 5.99. The minimum atomic E-state index is -0.0728. The van der Waals surface area contributed by atoms with E-state index in [1.165, 1.54) is 11.8 Å². The van der Waals surface area contributed by atoms with Crippen molar-refractivity contribution >= 4 is 46.6 Å². The van der Waals surface area contributed by atoms with Gasteiger partial charge in [-0.25, -0.2) is 15.0 Å². The number of hydrogen-bond donors (Lipinski definition) is 3. The number of fused-ring (bicyclic) bond motifs is 1. The van der Waals surface area contributed by atoms with Gasteiger partial charge in [0.2, 0.25) is 0 Å². The molecular formula is C24H26ClN7OS. The quantitative estimate of drug-likeness (QED) is 0.460. The third-order valence-electron chi connectivity index (χ3n) is 7.04. The fraction of sp³-hybridized carbons (Fsp3) is 0.333. The molecule has 5 rings (SSSR count). The number of hydrogen-bond acceptors (Lipinski definition) is 9. The predicted molar refractivity (Wildman–Crippen MR) is 135 cm³/mol. The molecule has 176 valence electrons. The van der Waals surface area contributed by atoms with Gasteiger partial charge in [-0.2, -0.15) is 0 Å². The fourth-order valence-corrected chi connectivity index (χ4v) is 6.14. The van der Waals surface area contributed by atoms with Crippen LogP contribution in [0.25, 0.3) is 0 Å². The smallest absolute Gasteiger partial charge is 0.160 e. The second-order valence-electron chi connectivity index (χ2n) is 8.96. The number of halogens is 1. The summed E-state index contributed by atoms with van der Waals surface area (Å²) >= 11 is 7.55. The lowest BCUT2D eigenvalue weighted by Gasteiger charge is -2.42. The molecule has 2 aromatic heterocycles. The van der Waals surface area contributed by atoms with Gasteiger partial charge in [0.05, 0.1) is 11.2 Å². The molecular weight excluding hydrogens is 470 g/mol. The first-order valence-corrected chi connectivity index (χ1v) is 12.3. The van der Waals surface area contributed by atoms with E-state index in [0.717, 1.165) is 59.8 Å². The van der Waals surface area contributed by atoms with E-state index in [0.29, 0.717) is 15.9 Å². The van der Waals surface area contributed by atoms with Crippen LogP contribution in [-0.4, -0.2) is 33.8 Å². The minimum absolute atomic E-state index is 0.0445. The molecule has 34 heavy (non-hydrogen) atoms. The van der Waals surface area contributed by atoms with Gasteiger partial charge in [-0.15, -0.1) is 0 Å². The zero-order valence-corrected chi connectivity index (χ0v) is 20.4. The van der Waals surface area contributed by atoms with Crippen molar-refractivity contribution in [3.8, 4) is 0 Å². The lowest BCUT2D eigenvalue weighted by Crippen LogP contribution is -2.44. The Kier molecular flexibility index (Phi) is 5.87. The molecule has 0 amide bonds. The fourth-order valence-electron chi connectivity index (χ4n) is 5.12. The summed E-state index contributed by atoms with van der Waals surface area (Å²) in [4.78, 5) is 28.2. The summed E-state index contributed by atoms with van der Waals surface area (Å²) in [5.41, 5.74) is 21.8. The highest BCUT2D eigenvalue weighted by atomic mass is 35.5. The molecule has 1 aliphatic carbocycles. The van der Waals surface area contributed by atoms with E-state index in [2.05, 4.69) is 25.9 Å². The highest BCUT2D eigenvalue weighted by Crippen LogP contribution is 2.52. The van der Waals surface area contributed by atoms with E-state index in [9.17, 15) is 4.79 Å². The molecule has 0 bridgehead atoms. The van der Waals surface area contributed by atoms with Crippen LogP contribution in [0.3, 0.4) is 0 Å². The van der Waals surface area contributed by atoms with E-state index < -0.39 is 0 Å². The van der Waals surface area contributed by atoms with Gasteiger partial charge in [0.25, 0.3) is 0 Å². The van der Waals surface area contributed by atoms with Crippen LogP contribution in [0.2, 0.25) is 5.02 Å². The number of ketones is 1. The molecule has 10 heteroatoms. The van der Waals surface area contributed by atoms with E-state index in [1.807, 2.05) is 12.1 Å². The van der Waals surface area contributed by atoms with Crippen molar-refractivity contribution in [3.05, 3.63) is 58.4 Å². The summed E-state index contributed by atoms with van der Waals surface area (Å²) < 4.78 is 0. The van der Waals surface area contributed by atoms with Gasteiger partial charge in [-0.05, 0) is 48.8 Å². The average molecular weight is 496 g/mol. The van der Waals surface area contributed by atoms with Crippen molar-refractivity contribution in [2.45, 2.75) is 42.1 Å². The van der Waals surface area contributed by atoms with E-state index >= 15 is 0 Å². The third kappa shape index (κ3) is 3.87. The number of pyridine rings is 1. The van der Waals surface area contributed by atoms with Crippen molar-refractivity contribution in [2.24, 2.45) is 11.1 Å². The third-order valence-corrected chi connectivity index (χ3v) is 8.61. The van der Waals surface area contributed by atoms with Crippen LogP contribution >= 0.6 is 23.4 Å². The maximum Gasteiger partial charge on any atom is 0.160 e. The Morgan fingerprint density at radius 3 is 2.65 bits per heavy atom. The zero-order chi connectivity index (χ0) is 24.0. The van der Waals surface area contributed by atoms with Crippen molar-refractivity contribution in [3.63, 3.8) is 0 Å². The molecule has 8 nitrogen and oxygen atoms in total. The van der Waals surface area contributed by atoms with Crippen LogP contribution in [0.15, 0.2) is 46.6 Å². The number of nitrogens with zero attached hydrogens (tertiary/aromatic N) is 4. The Balaban J connectivity index is 1.31. The van der Waals surface area contributed by atoms with Gasteiger partial charge in [-0.3, -0.25) is 4.79 Å². The van der Waals surface area contributed by atoms with E-state index in [4.69, 9.17) is 28.8 Å². The number of rotatable bonds is 4. The largest absolute Gasteiger partial charge is 0.382 e. The van der Waals surface area contributed by atoms with E-state index in [-0.39, 0.29) is 23.1 Å². The van der Waals surface area contributed by atoms with Gasteiger partial charge in [0, 0.05) is 35.8 Å². The van der Waals surface area contributed by atoms with Crippen LogP contribution in [0.5, 0.6) is 0 Å². The van der Waals surface area contributed by atoms with Crippen LogP contribution < -0.4 is 22.1 Å². The molecule has 1 aromatic carbocycles. The molecule has 1 aliphatic heterocycles. The first-order valence-electron chi connectivity index (χ1n) is 11.1. The number of anilines is 3. The van der Waals surface area contributed by atoms with E-state index in [1.54, 1.807) is 25.4 Å². The molecule has 0 saturated carbocycles. The topological polar surface area (TPSA) is 137 Å². The molecule has 6 N–H and O–H groups in total. The van der Waals surface area contributed by atoms with Gasteiger partial charge in [0.1, 0.15) is 16.7 Å². The molecule has 1 fully saturated rings. The first-order chi connectivity index (χ1) is 16.3. The van der Waals surface area contributed by atoms with Crippen LogP contribution in [0.4, 0.5) is 17.5 Å². The molecule has 3 aromatic rings. The minimum Gasteiger partial charge on any atom is -0.382 e. The molecule has 1 atom stereocenters. The second-order valence-corrected chi connectivity index (χ2v) is 10.4. The Bertz CT molecular complexity index is 1280. The summed E-state index contributed by atoms with van der Waals surface area (Å²) in [6, 6.07) is 7.61. The maximum absolute atomic E-state index is 12.1. The molecule has 0 radical (unpaired) electrons. The van der Waals surface area contributed by atoms with Crippen LogP contribution in [0.1, 0.15) is 47.3 Å². The maximum atomic E-state index is 12.1. The number of benzene rings is 1. The normalized spacial score (nSPS) is 18.8. The first kappa shape index (κ1) is 22.9. The molecule has 1 saturated heterocycles. The molecule has 0 unspecified atom stereocenters. The Labute approximate surface area is 207 Å². The number of Topliss-reactive ketones (excluding diaryl/α,β-unsaturated/α-hetero) is 1. The second kappa shape index (κ2) is 8.72. The van der Waals surface area contributed by atoms with Gasteiger partial charge in [0.15, 0.2) is 11.6 Å². The van der Waals surface area contributed by atoms with Crippen LogP contribution in [0, 0.1) is 5.41 Å². The molecule has 1 spiro atoms. The van der Waals surface area contributed by atoms with Crippen molar-refractivity contribution in [2.75, 3.05) is 29.5 Å². The Morgan fingerprint density at radius 1 is 1.18 bits per heavy atom. The molecule has 3 heterocycles. The molecule has 2 aliphatic rings. The van der Waals surface area contributed by atoms with Gasteiger partial charge < -0.3 is 22.1 Å². The standard InChI is InChI=1S/C24H26ClN7OS/c1-13(33)14-3-2-4-15-16(14)11-24(20(15)26)6-9-32(10-7-24)18-12-30-23(22(28)31-18)34-17-5-8-29-21(27)19(17)25/h2-5,8,12,20H,6-7,9-11,26H2,1H3,(H2,27,29)(H2,28,31)/t20-/m1/s1. The van der Waals surface area contributed by atoms with Crippen molar-refractivity contribution < 1.29 is 4.79 Å². The monoisotopic (exact) mass is 495 g/mol. The number of aromatic nitrogens is 3. The number of carbonyl (C=O) groups excluding carboxylic acids is 1. The van der Waals surface area contributed by atoms with Crippen molar-refractivity contribution in [1.29, 1.82) is 0 Å². The SMILES string of the molecule is CC(=O)c1cccc2c1CC1(CCN(c3cnc(Sc4ccnc(N)c4Cl)c(N)n3)CC1)[C@@H]2N. The predicted octanol–water partition coefficient (Wildman–Crippen LogP) is 3.89. The Morgan fingerprint density at radius 2 is 1.94 bits per heavy atom. The Hall–Kier alpha value is -2.88. The van der Waals surface area contributed by atoms with Crippen molar-refractivity contribution in [1.82, 2.24) is 15.0 Å². The van der Waals surface area contributed by atoms with Crippen LogP contribution in [-0.2, 0) is 6.42 Å². The van der Waals surface area contributed by atoms with Gasteiger partial charge >= 0.3 is 0 Å². The lowest BCUT2D eigenvalue weighted by atomic mass is 9.73. The number of nitrogens with two attached hydrogens (primary N) is 3. The number of piperidine rings is 1. The highest BCUT2D eigenvalue weighted by molar-refractivity contribution is 7.99. The number of carbonyl (C=O) groups is 1. The summed E-state index contributed by atoms with van der Waals surface area (Å²) in [7, 11) is 0.